The lowest BCUT2D eigenvalue weighted by atomic mass is 10.1. The highest BCUT2D eigenvalue weighted by Crippen LogP contribution is 2.23. The summed E-state index contributed by atoms with van der Waals surface area (Å²) in [4.78, 5) is 24.3. The zero-order valence-electron chi connectivity index (χ0n) is 14.0. The van der Waals surface area contributed by atoms with Crippen LogP contribution in [0.3, 0.4) is 0 Å². The first-order valence-electron chi connectivity index (χ1n) is 8.18. The van der Waals surface area contributed by atoms with Crippen LogP contribution in [0.2, 0.25) is 0 Å². The minimum atomic E-state index is -0.466. The minimum Gasteiger partial charge on any atom is -0.459 e. The lowest BCUT2D eigenvalue weighted by Crippen LogP contribution is -2.29. The van der Waals surface area contributed by atoms with Gasteiger partial charge in [0.1, 0.15) is 6.10 Å². The van der Waals surface area contributed by atoms with Gasteiger partial charge in [-0.25, -0.2) is 0 Å². The Morgan fingerprint density at radius 2 is 2.08 bits per heavy atom. The van der Waals surface area contributed by atoms with Gasteiger partial charge in [-0.05, 0) is 55.7 Å². The normalized spacial score (nSPS) is 19.6. The highest BCUT2D eigenvalue weighted by atomic mass is 16.5. The van der Waals surface area contributed by atoms with Gasteiger partial charge in [0.05, 0.1) is 12.4 Å². The Kier molecular flexibility index (Phi) is 5.16. The number of benzene rings is 1. The highest BCUT2D eigenvalue weighted by molar-refractivity contribution is 6.03. The predicted molar refractivity (Wildman–Crippen MR) is 93.4 cm³/mol. The summed E-state index contributed by atoms with van der Waals surface area (Å²) in [5.41, 5.74) is 7.69. The van der Waals surface area contributed by atoms with Gasteiger partial charge in [0.15, 0.2) is 5.76 Å². The fourth-order valence-corrected chi connectivity index (χ4v) is 2.77. The summed E-state index contributed by atoms with van der Waals surface area (Å²) in [6.07, 6.45) is 2.40. The molecule has 1 aliphatic heterocycles. The number of hydrogen-bond donors (Lipinski definition) is 3. The SMILES string of the molecule is Cc1cc(NC(=O)[C@@H]2CC[C@H](CN)O2)ccc1NC(=O)c1ccco1. The number of nitrogens with two attached hydrogens (primary N) is 1. The second-order valence-corrected chi connectivity index (χ2v) is 6.01. The molecule has 1 aliphatic rings. The van der Waals surface area contributed by atoms with Crippen LogP contribution in [-0.2, 0) is 9.53 Å². The number of ether oxygens (including phenoxy) is 1. The maximum absolute atomic E-state index is 12.2. The lowest BCUT2D eigenvalue weighted by molar-refractivity contribution is -0.126. The summed E-state index contributed by atoms with van der Waals surface area (Å²) in [7, 11) is 0. The van der Waals surface area contributed by atoms with Crippen molar-refractivity contribution in [2.24, 2.45) is 5.73 Å². The number of aryl methyl sites for hydroxylation is 1. The summed E-state index contributed by atoms with van der Waals surface area (Å²) in [5.74, 6) is -0.260. The van der Waals surface area contributed by atoms with Gasteiger partial charge in [-0.2, -0.15) is 0 Å². The number of hydrogen-bond acceptors (Lipinski definition) is 5. The molecule has 2 aromatic rings. The molecule has 0 bridgehead atoms. The first-order chi connectivity index (χ1) is 12.1. The quantitative estimate of drug-likeness (QED) is 0.772. The van der Waals surface area contributed by atoms with E-state index < -0.39 is 6.10 Å². The molecule has 0 aliphatic carbocycles. The molecule has 3 rings (SSSR count). The maximum atomic E-state index is 12.2. The molecular weight excluding hydrogens is 322 g/mol. The molecule has 1 aromatic carbocycles. The van der Waals surface area contributed by atoms with E-state index >= 15 is 0 Å². The summed E-state index contributed by atoms with van der Waals surface area (Å²) < 4.78 is 10.7. The molecule has 4 N–H and O–H groups in total. The predicted octanol–water partition coefficient (Wildman–Crippen LogP) is 2.29. The minimum absolute atomic E-state index is 0.0447. The van der Waals surface area contributed by atoms with Crippen molar-refractivity contribution < 1.29 is 18.7 Å². The van der Waals surface area contributed by atoms with Gasteiger partial charge in [-0.3, -0.25) is 9.59 Å². The fraction of sp³-hybridized carbons (Fsp3) is 0.333. The summed E-state index contributed by atoms with van der Waals surface area (Å²) in [5, 5.41) is 5.62. The molecule has 25 heavy (non-hydrogen) atoms. The largest absolute Gasteiger partial charge is 0.459 e. The Hall–Kier alpha value is -2.64. The van der Waals surface area contributed by atoms with E-state index in [0.29, 0.717) is 24.3 Å². The number of carbonyl (C=O) groups is 2. The van der Waals surface area contributed by atoms with Gasteiger partial charge in [-0.15, -0.1) is 0 Å². The number of rotatable bonds is 5. The van der Waals surface area contributed by atoms with Crippen molar-refractivity contribution in [3.05, 3.63) is 47.9 Å². The van der Waals surface area contributed by atoms with Gasteiger partial charge in [0.2, 0.25) is 0 Å². The topological polar surface area (TPSA) is 107 Å². The van der Waals surface area contributed by atoms with Gasteiger partial charge in [0.25, 0.3) is 11.8 Å². The third kappa shape index (κ3) is 4.07. The molecule has 0 spiro atoms. The van der Waals surface area contributed by atoms with Crippen molar-refractivity contribution >= 4 is 23.2 Å². The van der Waals surface area contributed by atoms with Gasteiger partial charge >= 0.3 is 0 Å². The number of carbonyl (C=O) groups excluding carboxylic acids is 2. The molecule has 1 fully saturated rings. The Balaban J connectivity index is 1.62. The van der Waals surface area contributed by atoms with Crippen LogP contribution in [0.1, 0.15) is 29.0 Å². The van der Waals surface area contributed by atoms with E-state index in [4.69, 9.17) is 14.9 Å². The molecule has 7 heteroatoms. The third-order valence-electron chi connectivity index (χ3n) is 4.15. The van der Waals surface area contributed by atoms with Crippen LogP contribution in [0.15, 0.2) is 41.0 Å². The van der Waals surface area contributed by atoms with Crippen LogP contribution in [0.4, 0.5) is 11.4 Å². The van der Waals surface area contributed by atoms with Crippen LogP contribution < -0.4 is 16.4 Å². The van der Waals surface area contributed by atoms with Crippen molar-refractivity contribution in [3.63, 3.8) is 0 Å². The van der Waals surface area contributed by atoms with Crippen LogP contribution >= 0.6 is 0 Å². The van der Waals surface area contributed by atoms with Crippen molar-refractivity contribution in [2.75, 3.05) is 17.2 Å². The smallest absolute Gasteiger partial charge is 0.291 e. The fourth-order valence-electron chi connectivity index (χ4n) is 2.77. The Morgan fingerprint density at radius 3 is 2.72 bits per heavy atom. The van der Waals surface area contributed by atoms with E-state index in [1.807, 2.05) is 6.92 Å². The average Bonchev–Trinajstić information content (AvgIpc) is 3.28. The molecule has 0 radical (unpaired) electrons. The van der Waals surface area contributed by atoms with E-state index in [9.17, 15) is 9.59 Å². The Morgan fingerprint density at radius 1 is 1.24 bits per heavy atom. The number of anilines is 2. The van der Waals surface area contributed by atoms with E-state index in [1.165, 1.54) is 6.26 Å². The molecular formula is C18H21N3O4. The zero-order chi connectivity index (χ0) is 17.8. The third-order valence-corrected chi connectivity index (χ3v) is 4.15. The van der Waals surface area contributed by atoms with E-state index in [0.717, 1.165) is 12.0 Å². The first-order valence-corrected chi connectivity index (χ1v) is 8.18. The van der Waals surface area contributed by atoms with E-state index in [2.05, 4.69) is 10.6 Å². The molecule has 1 aromatic heterocycles. The van der Waals surface area contributed by atoms with Gasteiger partial charge in [0, 0.05) is 17.9 Å². The van der Waals surface area contributed by atoms with Crippen LogP contribution in [0.25, 0.3) is 0 Å². The van der Waals surface area contributed by atoms with Crippen molar-refractivity contribution in [1.82, 2.24) is 0 Å². The van der Waals surface area contributed by atoms with Gasteiger partial charge in [-0.1, -0.05) is 0 Å². The molecule has 0 saturated carbocycles. The number of furan rings is 1. The van der Waals surface area contributed by atoms with Crippen LogP contribution in [0.5, 0.6) is 0 Å². The van der Waals surface area contributed by atoms with Crippen LogP contribution in [-0.4, -0.2) is 30.6 Å². The van der Waals surface area contributed by atoms with Crippen molar-refractivity contribution in [2.45, 2.75) is 32.0 Å². The van der Waals surface area contributed by atoms with Crippen molar-refractivity contribution in [1.29, 1.82) is 0 Å². The van der Waals surface area contributed by atoms with E-state index in [1.54, 1.807) is 30.3 Å². The number of nitrogens with one attached hydrogen (secondary N) is 2. The lowest BCUT2D eigenvalue weighted by Gasteiger charge is -2.14. The van der Waals surface area contributed by atoms with E-state index in [-0.39, 0.29) is 23.7 Å². The maximum Gasteiger partial charge on any atom is 0.291 e. The molecule has 2 atom stereocenters. The van der Waals surface area contributed by atoms with Crippen molar-refractivity contribution in [3.8, 4) is 0 Å². The standard InChI is InChI=1S/C18H21N3O4/c1-11-9-12(20-18(23)16-7-5-13(10-19)25-16)4-6-14(11)21-17(22)15-3-2-8-24-15/h2-4,6,8-9,13,16H,5,7,10,19H2,1H3,(H,20,23)(H,21,22)/t13-,16+/m1/s1. The molecule has 7 nitrogen and oxygen atoms in total. The molecule has 0 unspecified atom stereocenters. The zero-order valence-corrected chi connectivity index (χ0v) is 14.0. The molecule has 2 amide bonds. The van der Waals surface area contributed by atoms with Crippen LogP contribution in [0, 0.1) is 6.92 Å². The summed E-state index contributed by atoms with van der Waals surface area (Å²) in [6, 6.07) is 8.52. The monoisotopic (exact) mass is 343 g/mol. The molecule has 2 heterocycles. The Bertz CT molecular complexity index is 758. The number of amides is 2. The Labute approximate surface area is 145 Å². The molecule has 1 saturated heterocycles. The first kappa shape index (κ1) is 17.2. The summed E-state index contributed by atoms with van der Waals surface area (Å²) >= 11 is 0. The average molecular weight is 343 g/mol. The second kappa shape index (κ2) is 7.50. The summed E-state index contributed by atoms with van der Waals surface area (Å²) in [6.45, 7) is 2.27. The second-order valence-electron chi connectivity index (χ2n) is 6.01. The molecule has 132 valence electrons. The highest BCUT2D eigenvalue weighted by Gasteiger charge is 2.29. The van der Waals surface area contributed by atoms with Gasteiger partial charge < -0.3 is 25.5 Å².